The molecule has 6 nitrogen and oxygen atoms in total. The highest BCUT2D eigenvalue weighted by Crippen LogP contribution is 2.32. The quantitative estimate of drug-likeness (QED) is 0.494. The number of amides is 1. The van der Waals surface area contributed by atoms with E-state index >= 15 is 0 Å². The number of carbonyl (C=O) groups is 1. The van der Waals surface area contributed by atoms with Crippen molar-refractivity contribution in [1.82, 2.24) is 25.1 Å². The summed E-state index contributed by atoms with van der Waals surface area (Å²) in [6.45, 7) is 1.26. The molecule has 1 aliphatic rings. The maximum Gasteiger partial charge on any atom is 0.252 e. The number of nitrogens with zero attached hydrogens (tertiary/aromatic N) is 4. The number of carbonyl (C=O) groups excluding carboxylic acids is 1. The number of benzene rings is 1. The van der Waals surface area contributed by atoms with Crippen molar-refractivity contribution in [3.8, 4) is 10.6 Å². The van der Waals surface area contributed by atoms with Gasteiger partial charge in [0, 0.05) is 18.4 Å². The zero-order valence-corrected chi connectivity index (χ0v) is 17.8. The summed E-state index contributed by atoms with van der Waals surface area (Å²) < 4.78 is 2.84. The first-order chi connectivity index (χ1) is 14.7. The Hall–Kier alpha value is -2.77. The number of aromatic nitrogens is 4. The molecule has 1 amide bonds. The monoisotopic (exact) mass is 437 g/mol. The van der Waals surface area contributed by atoms with Crippen molar-refractivity contribution in [2.45, 2.75) is 38.8 Å². The van der Waals surface area contributed by atoms with E-state index in [2.05, 4.69) is 20.1 Å². The molecule has 0 unspecified atom stereocenters. The summed E-state index contributed by atoms with van der Waals surface area (Å²) in [6.07, 6.45) is 4.41. The number of para-hydroxylation sites is 1. The van der Waals surface area contributed by atoms with E-state index in [4.69, 9.17) is 16.6 Å². The molecule has 5 rings (SSSR count). The Labute approximate surface area is 182 Å². The number of fused-ring (bicyclic) bond motifs is 2. The van der Waals surface area contributed by atoms with Crippen LogP contribution in [0.5, 0.6) is 0 Å². The van der Waals surface area contributed by atoms with E-state index in [0.717, 1.165) is 58.9 Å². The fourth-order valence-electron chi connectivity index (χ4n) is 3.87. The number of thiophene rings is 1. The van der Waals surface area contributed by atoms with Crippen LogP contribution in [0, 0.1) is 0 Å². The van der Waals surface area contributed by atoms with Gasteiger partial charge < -0.3 is 9.88 Å². The van der Waals surface area contributed by atoms with Gasteiger partial charge in [0.15, 0.2) is 5.82 Å². The summed E-state index contributed by atoms with van der Waals surface area (Å²) in [6, 6.07) is 13.3. The lowest BCUT2D eigenvalue weighted by Gasteiger charge is -2.11. The molecule has 4 aromatic rings. The summed E-state index contributed by atoms with van der Waals surface area (Å²) in [5.74, 6) is 1.68. The molecule has 0 bridgehead atoms. The van der Waals surface area contributed by atoms with E-state index in [1.165, 1.54) is 17.8 Å². The molecule has 0 saturated carbocycles. The summed E-state index contributed by atoms with van der Waals surface area (Å²) in [5.41, 5.74) is 2.11. The van der Waals surface area contributed by atoms with Crippen LogP contribution in [-0.4, -0.2) is 25.7 Å². The fraction of sp³-hybridized carbons (Fsp3) is 0.273. The third kappa shape index (κ3) is 3.70. The van der Waals surface area contributed by atoms with Crippen LogP contribution < -0.4 is 5.32 Å². The maximum atomic E-state index is 13.2. The molecule has 3 aromatic heterocycles. The minimum absolute atomic E-state index is 0.150. The molecule has 1 aromatic carbocycles. The van der Waals surface area contributed by atoms with E-state index in [9.17, 15) is 4.79 Å². The Morgan fingerprint density at radius 3 is 2.90 bits per heavy atom. The Balaban J connectivity index is 1.45. The largest absolute Gasteiger partial charge is 0.345 e. The number of hydrogen-bond acceptors (Lipinski definition) is 5. The highest BCUT2D eigenvalue weighted by molar-refractivity contribution is 7.19. The maximum absolute atomic E-state index is 13.2. The summed E-state index contributed by atoms with van der Waals surface area (Å²) in [7, 11) is 0. The SMILES string of the molecule is O=C(NCc1nnc2n1CCCCC2)c1cc(-c2ccc(Cl)s2)nc2ccccc12. The van der Waals surface area contributed by atoms with Crippen LogP contribution in [-0.2, 0) is 19.5 Å². The van der Waals surface area contributed by atoms with Gasteiger partial charge in [0.1, 0.15) is 5.82 Å². The van der Waals surface area contributed by atoms with Gasteiger partial charge in [0.2, 0.25) is 0 Å². The number of aryl methyl sites for hydroxylation is 1. The number of nitrogens with one attached hydrogen (secondary N) is 1. The number of halogens is 1. The average molecular weight is 438 g/mol. The molecule has 1 N–H and O–H groups in total. The first-order valence-electron chi connectivity index (χ1n) is 10.0. The Morgan fingerprint density at radius 1 is 1.13 bits per heavy atom. The Morgan fingerprint density at radius 2 is 2.03 bits per heavy atom. The normalized spacial score (nSPS) is 13.8. The van der Waals surface area contributed by atoms with E-state index in [0.29, 0.717) is 16.4 Å². The predicted molar refractivity (Wildman–Crippen MR) is 119 cm³/mol. The van der Waals surface area contributed by atoms with Gasteiger partial charge >= 0.3 is 0 Å². The fourth-order valence-corrected chi connectivity index (χ4v) is 4.88. The zero-order valence-electron chi connectivity index (χ0n) is 16.3. The van der Waals surface area contributed by atoms with Crippen molar-refractivity contribution < 1.29 is 4.79 Å². The predicted octanol–water partition coefficient (Wildman–Crippen LogP) is 4.86. The smallest absolute Gasteiger partial charge is 0.252 e. The van der Waals surface area contributed by atoms with Crippen molar-refractivity contribution in [2.75, 3.05) is 0 Å². The van der Waals surface area contributed by atoms with Gasteiger partial charge in [0.05, 0.1) is 32.5 Å². The van der Waals surface area contributed by atoms with Crippen LogP contribution in [0.25, 0.3) is 21.5 Å². The van der Waals surface area contributed by atoms with E-state index in [1.54, 1.807) is 0 Å². The van der Waals surface area contributed by atoms with Gasteiger partial charge in [-0.25, -0.2) is 4.98 Å². The minimum Gasteiger partial charge on any atom is -0.345 e. The van der Waals surface area contributed by atoms with Crippen molar-refractivity contribution in [3.63, 3.8) is 0 Å². The average Bonchev–Trinajstić information content (AvgIpc) is 3.29. The second kappa shape index (κ2) is 8.16. The Bertz CT molecular complexity index is 1230. The third-order valence-electron chi connectivity index (χ3n) is 5.38. The third-order valence-corrected chi connectivity index (χ3v) is 6.63. The summed E-state index contributed by atoms with van der Waals surface area (Å²) in [5, 5.41) is 12.5. The number of hydrogen-bond donors (Lipinski definition) is 1. The van der Waals surface area contributed by atoms with E-state index in [-0.39, 0.29) is 5.91 Å². The molecule has 152 valence electrons. The van der Waals surface area contributed by atoms with Gasteiger partial charge in [-0.1, -0.05) is 36.2 Å². The van der Waals surface area contributed by atoms with E-state index in [1.807, 2.05) is 42.5 Å². The number of rotatable bonds is 4. The molecule has 0 fully saturated rings. The molecule has 0 radical (unpaired) electrons. The zero-order chi connectivity index (χ0) is 20.5. The van der Waals surface area contributed by atoms with Crippen LogP contribution in [0.15, 0.2) is 42.5 Å². The topological polar surface area (TPSA) is 72.7 Å². The van der Waals surface area contributed by atoms with Crippen LogP contribution in [0.3, 0.4) is 0 Å². The second-order valence-electron chi connectivity index (χ2n) is 7.35. The molecule has 0 aliphatic carbocycles. The Kier molecular flexibility index (Phi) is 5.23. The van der Waals surface area contributed by atoms with Crippen molar-refractivity contribution in [3.05, 3.63) is 64.0 Å². The molecular weight excluding hydrogens is 418 g/mol. The molecule has 0 spiro atoms. The van der Waals surface area contributed by atoms with Crippen molar-refractivity contribution in [2.24, 2.45) is 0 Å². The lowest BCUT2D eigenvalue weighted by molar-refractivity contribution is 0.0951. The van der Waals surface area contributed by atoms with Crippen LogP contribution in [0.1, 0.15) is 41.3 Å². The number of pyridine rings is 1. The minimum atomic E-state index is -0.150. The van der Waals surface area contributed by atoms with Gasteiger partial charge in [-0.05, 0) is 37.1 Å². The van der Waals surface area contributed by atoms with E-state index < -0.39 is 0 Å². The molecule has 0 atom stereocenters. The molecule has 1 aliphatic heterocycles. The van der Waals surface area contributed by atoms with Crippen LogP contribution in [0.2, 0.25) is 4.34 Å². The highest BCUT2D eigenvalue weighted by Gasteiger charge is 2.18. The van der Waals surface area contributed by atoms with Crippen LogP contribution in [0.4, 0.5) is 0 Å². The lowest BCUT2D eigenvalue weighted by atomic mass is 10.1. The molecule has 8 heteroatoms. The highest BCUT2D eigenvalue weighted by atomic mass is 35.5. The molecule has 0 saturated heterocycles. The first kappa shape index (κ1) is 19.2. The molecule has 4 heterocycles. The molecular formula is C22H20ClN5OS. The lowest BCUT2D eigenvalue weighted by Crippen LogP contribution is -2.25. The van der Waals surface area contributed by atoms with Crippen molar-refractivity contribution in [1.29, 1.82) is 0 Å². The van der Waals surface area contributed by atoms with Crippen LogP contribution >= 0.6 is 22.9 Å². The van der Waals surface area contributed by atoms with Gasteiger partial charge in [-0.15, -0.1) is 21.5 Å². The standard InChI is InChI=1S/C22H20ClN5OS/c23-19-10-9-18(30-19)17-12-15(14-6-3-4-7-16(14)25-17)22(29)24-13-21-27-26-20-8-2-1-5-11-28(20)21/h3-4,6-7,9-10,12H,1-2,5,8,11,13H2,(H,24,29). The summed E-state index contributed by atoms with van der Waals surface area (Å²) in [4.78, 5) is 18.8. The van der Waals surface area contributed by atoms with Crippen molar-refractivity contribution >= 4 is 39.7 Å². The van der Waals surface area contributed by atoms with Gasteiger partial charge in [0.25, 0.3) is 5.91 Å². The first-order valence-corrected chi connectivity index (χ1v) is 11.2. The van der Waals surface area contributed by atoms with Gasteiger partial charge in [-0.3, -0.25) is 4.79 Å². The van der Waals surface area contributed by atoms with Gasteiger partial charge in [-0.2, -0.15) is 0 Å². The summed E-state index contributed by atoms with van der Waals surface area (Å²) >= 11 is 7.55. The second-order valence-corrected chi connectivity index (χ2v) is 9.07. The molecule has 30 heavy (non-hydrogen) atoms.